The molecule has 1 heterocycles. The molecule has 6 heteroatoms. The van der Waals surface area contributed by atoms with Crippen molar-refractivity contribution >= 4 is 10.0 Å². The first-order valence-electron chi connectivity index (χ1n) is 6.49. The van der Waals surface area contributed by atoms with Crippen LogP contribution in [0.15, 0.2) is 29.2 Å². The van der Waals surface area contributed by atoms with Crippen molar-refractivity contribution in [2.45, 2.75) is 30.2 Å². The largest absolute Gasteiger partial charge is 0.497 e. The van der Waals surface area contributed by atoms with Crippen LogP contribution in [0.5, 0.6) is 5.75 Å². The molecule has 0 saturated carbocycles. The highest BCUT2D eigenvalue weighted by atomic mass is 32.2. The highest BCUT2D eigenvalue weighted by molar-refractivity contribution is 7.89. The van der Waals surface area contributed by atoms with E-state index in [-0.39, 0.29) is 4.90 Å². The Morgan fingerprint density at radius 2 is 2.11 bits per heavy atom. The Labute approximate surface area is 114 Å². The van der Waals surface area contributed by atoms with E-state index in [0.717, 1.165) is 19.4 Å². The number of ether oxygens (including phenoxy) is 1. The van der Waals surface area contributed by atoms with E-state index in [4.69, 9.17) is 4.74 Å². The van der Waals surface area contributed by atoms with E-state index in [1.807, 2.05) is 0 Å². The Morgan fingerprint density at radius 3 is 2.68 bits per heavy atom. The van der Waals surface area contributed by atoms with Gasteiger partial charge in [-0.25, -0.2) is 13.1 Å². The highest BCUT2D eigenvalue weighted by Gasteiger charge is 2.17. The molecule has 106 valence electrons. The number of sulfonamides is 1. The first-order valence-corrected chi connectivity index (χ1v) is 7.97. The maximum atomic E-state index is 12.0. The molecule has 0 bridgehead atoms. The van der Waals surface area contributed by atoms with Crippen LogP contribution in [0, 0.1) is 0 Å². The van der Waals surface area contributed by atoms with Crippen molar-refractivity contribution in [1.29, 1.82) is 0 Å². The van der Waals surface area contributed by atoms with E-state index in [1.54, 1.807) is 31.4 Å². The van der Waals surface area contributed by atoms with Crippen molar-refractivity contribution in [1.82, 2.24) is 10.0 Å². The second-order valence-corrected chi connectivity index (χ2v) is 6.42. The van der Waals surface area contributed by atoms with Gasteiger partial charge in [-0.05, 0) is 50.1 Å². The van der Waals surface area contributed by atoms with E-state index in [1.165, 1.54) is 6.42 Å². The topological polar surface area (TPSA) is 67.4 Å². The van der Waals surface area contributed by atoms with Gasteiger partial charge in [0.2, 0.25) is 10.0 Å². The summed E-state index contributed by atoms with van der Waals surface area (Å²) in [5, 5.41) is 3.35. The van der Waals surface area contributed by atoms with Gasteiger partial charge in [-0.15, -0.1) is 0 Å². The lowest BCUT2D eigenvalue weighted by Gasteiger charge is -2.11. The summed E-state index contributed by atoms with van der Waals surface area (Å²) >= 11 is 0. The Hall–Kier alpha value is -1.11. The molecule has 0 aliphatic carbocycles. The van der Waals surface area contributed by atoms with Gasteiger partial charge in [0.05, 0.1) is 12.0 Å². The monoisotopic (exact) mass is 284 g/mol. The minimum atomic E-state index is -3.41. The fraction of sp³-hybridized carbons (Fsp3) is 0.538. The number of nitrogens with one attached hydrogen (secondary N) is 2. The molecule has 2 N–H and O–H groups in total. The molecule has 1 atom stereocenters. The summed E-state index contributed by atoms with van der Waals surface area (Å²) in [4.78, 5) is 0.271. The van der Waals surface area contributed by atoms with Gasteiger partial charge in [0, 0.05) is 12.6 Å². The minimum absolute atomic E-state index is 0.271. The number of rotatable bonds is 6. The first kappa shape index (κ1) is 14.3. The van der Waals surface area contributed by atoms with Crippen molar-refractivity contribution < 1.29 is 13.2 Å². The number of hydrogen-bond donors (Lipinski definition) is 2. The molecule has 1 aliphatic heterocycles. The van der Waals surface area contributed by atoms with Gasteiger partial charge in [0.15, 0.2) is 0 Å². The third-order valence-electron chi connectivity index (χ3n) is 3.32. The van der Waals surface area contributed by atoms with Crippen molar-refractivity contribution in [2.24, 2.45) is 0 Å². The van der Waals surface area contributed by atoms with E-state index in [2.05, 4.69) is 10.0 Å². The van der Waals surface area contributed by atoms with Crippen LogP contribution >= 0.6 is 0 Å². The van der Waals surface area contributed by atoms with E-state index >= 15 is 0 Å². The molecular weight excluding hydrogens is 264 g/mol. The van der Waals surface area contributed by atoms with Gasteiger partial charge in [-0.2, -0.15) is 0 Å². The van der Waals surface area contributed by atoms with Crippen LogP contribution in [-0.2, 0) is 10.0 Å². The predicted octanol–water partition coefficient (Wildman–Crippen LogP) is 1.12. The van der Waals surface area contributed by atoms with Crippen LogP contribution in [0.3, 0.4) is 0 Å². The quantitative estimate of drug-likeness (QED) is 0.821. The second-order valence-electron chi connectivity index (χ2n) is 4.66. The summed E-state index contributed by atoms with van der Waals surface area (Å²) in [5.74, 6) is 0.647. The molecule has 0 spiro atoms. The smallest absolute Gasteiger partial charge is 0.240 e. The van der Waals surface area contributed by atoms with Crippen molar-refractivity contribution in [3.05, 3.63) is 24.3 Å². The average Bonchev–Trinajstić information content (AvgIpc) is 2.92. The zero-order valence-corrected chi connectivity index (χ0v) is 11.9. The number of hydrogen-bond acceptors (Lipinski definition) is 4. The lowest BCUT2D eigenvalue weighted by atomic mass is 10.2. The van der Waals surface area contributed by atoms with Crippen molar-refractivity contribution in [2.75, 3.05) is 20.2 Å². The normalized spacial score (nSPS) is 19.5. The summed E-state index contributed by atoms with van der Waals surface area (Å²) in [6.07, 6.45) is 3.13. The predicted molar refractivity (Wildman–Crippen MR) is 73.8 cm³/mol. The van der Waals surface area contributed by atoms with E-state index < -0.39 is 10.0 Å². The summed E-state index contributed by atoms with van der Waals surface area (Å²) in [5.41, 5.74) is 0. The molecule has 0 amide bonds. The van der Waals surface area contributed by atoms with Gasteiger partial charge in [-0.1, -0.05) is 0 Å². The average molecular weight is 284 g/mol. The van der Waals surface area contributed by atoms with Crippen LogP contribution in [0.4, 0.5) is 0 Å². The standard InChI is InChI=1S/C13H20N2O3S/c1-18-12-4-6-13(7-5-12)19(16,17)15-10-8-11-3-2-9-14-11/h4-7,11,14-15H,2-3,8-10H2,1H3/t11-/m1/s1. The van der Waals surface area contributed by atoms with Crippen molar-refractivity contribution in [3.8, 4) is 5.75 Å². The van der Waals surface area contributed by atoms with Crippen LogP contribution in [0.1, 0.15) is 19.3 Å². The van der Waals surface area contributed by atoms with E-state index in [0.29, 0.717) is 18.3 Å². The van der Waals surface area contributed by atoms with Crippen LogP contribution < -0.4 is 14.8 Å². The molecule has 2 rings (SSSR count). The molecule has 1 aliphatic rings. The third-order valence-corrected chi connectivity index (χ3v) is 4.79. The maximum absolute atomic E-state index is 12.0. The van der Waals surface area contributed by atoms with Crippen LogP contribution in [0.2, 0.25) is 0 Å². The van der Waals surface area contributed by atoms with Gasteiger partial charge in [-0.3, -0.25) is 0 Å². The van der Waals surface area contributed by atoms with Crippen LogP contribution in [0.25, 0.3) is 0 Å². The van der Waals surface area contributed by atoms with Crippen molar-refractivity contribution in [3.63, 3.8) is 0 Å². The molecule has 19 heavy (non-hydrogen) atoms. The van der Waals surface area contributed by atoms with E-state index in [9.17, 15) is 8.42 Å². The molecule has 1 saturated heterocycles. The number of benzene rings is 1. The maximum Gasteiger partial charge on any atom is 0.240 e. The Kier molecular flexibility index (Phi) is 4.79. The summed E-state index contributed by atoms with van der Waals surface area (Å²) < 4.78 is 31.7. The van der Waals surface area contributed by atoms with Gasteiger partial charge >= 0.3 is 0 Å². The molecule has 0 aromatic heterocycles. The van der Waals surface area contributed by atoms with Gasteiger partial charge < -0.3 is 10.1 Å². The molecule has 0 radical (unpaired) electrons. The lowest BCUT2D eigenvalue weighted by molar-refractivity contribution is 0.414. The molecule has 1 aromatic carbocycles. The molecule has 0 unspecified atom stereocenters. The fourth-order valence-electron chi connectivity index (χ4n) is 2.21. The molecule has 1 fully saturated rings. The molecular formula is C13H20N2O3S. The SMILES string of the molecule is COc1ccc(S(=O)(=O)NCC[C@H]2CCCN2)cc1. The van der Waals surface area contributed by atoms with Gasteiger partial charge in [0.25, 0.3) is 0 Å². The summed E-state index contributed by atoms with van der Waals surface area (Å²) in [6, 6.07) is 6.84. The molecule has 1 aromatic rings. The first-order chi connectivity index (χ1) is 9.12. The minimum Gasteiger partial charge on any atom is -0.497 e. The lowest BCUT2D eigenvalue weighted by Crippen LogP contribution is -2.30. The third kappa shape index (κ3) is 3.92. The second kappa shape index (κ2) is 6.36. The zero-order valence-electron chi connectivity index (χ0n) is 11.1. The Morgan fingerprint density at radius 1 is 1.37 bits per heavy atom. The zero-order chi connectivity index (χ0) is 13.7. The molecule has 5 nitrogen and oxygen atoms in total. The Balaban J connectivity index is 1.89. The van der Waals surface area contributed by atoms with Crippen LogP contribution in [-0.4, -0.2) is 34.7 Å². The summed E-state index contributed by atoms with van der Waals surface area (Å²) in [6.45, 7) is 1.50. The fourth-order valence-corrected chi connectivity index (χ4v) is 3.26. The highest BCUT2D eigenvalue weighted by Crippen LogP contribution is 2.15. The Bertz CT molecular complexity index is 493. The number of methoxy groups -OCH3 is 1. The summed E-state index contributed by atoms with van der Waals surface area (Å²) in [7, 11) is -1.86. The van der Waals surface area contributed by atoms with Gasteiger partial charge in [0.1, 0.15) is 5.75 Å².